The number of nitrogens with zero attached hydrogens (tertiary/aromatic N) is 1. The molecular weight excluding hydrogens is 220 g/mol. The summed E-state index contributed by atoms with van der Waals surface area (Å²) in [5, 5.41) is 3.11. The fourth-order valence-electron chi connectivity index (χ4n) is 1.90. The van der Waals surface area contributed by atoms with Gasteiger partial charge < -0.3 is 15.0 Å². The lowest BCUT2D eigenvalue weighted by molar-refractivity contribution is -0.152. The smallest absolute Gasteiger partial charge is 0.311 e. The summed E-state index contributed by atoms with van der Waals surface area (Å²) in [5.74, 6) is -0.120. The van der Waals surface area contributed by atoms with Crippen LogP contribution in [0.5, 0.6) is 0 Å². The van der Waals surface area contributed by atoms with Gasteiger partial charge in [-0.1, -0.05) is 0 Å². The molecule has 98 valence electrons. The Balaban J connectivity index is 2.50. The van der Waals surface area contributed by atoms with E-state index < -0.39 is 5.41 Å². The molecule has 1 rings (SSSR count). The van der Waals surface area contributed by atoms with Crippen molar-refractivity contribution in [2.75, 3.05) is 26.7 Å². The third-order valence-corrected chi connectivity index (χ3v) is 3.26. The number of carbonyl (C=O) groups is 2. The van der Waals surface area contributed by atoms with E-state index >= 15 is 0 Å². The summed E-state index contributed by atoms with van der Waals surface area (Å²) in [5.41, 5.74) is -0.539. The molecule has 0 aromatic heterocycles. The summed E-state index contributed by atoms with van der Waals surface area (Å²) in [6.45, 7) is 7.67. The first-order chi connectivity index (χ1) is 7.88. The molecule has 1 atom stereocenters. The van der Waals surface area contributed by atoms with Gasteiger partial charge in [-0.25, -0.2) is 0 Å². The Labute approximate surface area is 102 Å². The predicted octanol–water partition coefficient (Wildman–Crippen LogP) is 0.396. The largest absolute Gasteiger partial charge is 0.469 e. The standard InChI is InChI=1S/C12H22N2O3/c1-9-10(15)14(8-6-13-9)7-5-12(2,3)11(16)17-4/h9,13H,5-8H2,1-4H3/t9-/m0/s1. The van der Waals surface area contributed by atoms with Gasteiger partial charge in [-0.2, -0.15) is 0 Å². The molecule has 0 unspecified atom stereocenters. The first kappa shape index (κ1) is 14.0. The molecule has 0 saturated carbocycles. The average Bonchev–Trinajstić information content (AvgIpc) is 2.30. The number of esters is 1. The minimum absolute atomic E-state index is 0.108. The number of carbonyl (C=O) groups excluding carboxylic acids is 2. The number of piperazine rings is 1. The van der Waals surface area contributed by atoms with Crippen molar-refractivity contribution in [2.45, 2.75) is 33.2 Å². The van der Waals surface area contributed by atoms with Crippen LogP contribution in [-0.2, 0) is 14.3 Å². The first-order valence-electron chi connectivity index (χ1n) is 5.99. The molecule has 1 heterocycles. The van der Waals surface area contributed by atoms with Gasteiger partial charge in [0.2, 0.25) is 5.91 Å². The highest BCUT2D eigenvalue weighted by atomic mass is 16.5. The number of methoxy groups -OCH3 is 1. The Kier molecular flexibility index (Phi) is 4.51. The third-order valence-electron chi connectivity index (χ3n) is 3.26. The number of hydrogen-bond donors (Lipinski definition) is 1. The number of ether oxygens (including phenoxy) is 1. The normalized spacial score (nSPS) is 21.5. The lowest BCUT2D eigenvalue weighted by Gasteiger charge is -2.33. The minimum Gasteiger partial charge on any atom is -0.469 e. The van der Waals surface area contributed by atoms with Crippen LogP contribution in [0.4, 0.5) is 0 Å². The Morgan fingerprint density at radius 1 is 1.59 bits per heavy atom. The van der Waals surface area contributed by atoms with Gasteiger partial charge >= 0.3 is 5.97 Å². The zero-order chi connectivity index (χ0) is 13.1. The van der Waals surface area contributed by atoms with Crippen molar-refractivity contribution in [2.24, 2.45) is 5.41 Å². The highest BCUT2D eigenvalue weighted by Gasteiger charge is 2.31. The highest BCUT2D eigenvalue weighted by molar-refractivity contribution is 5.82. The first-order valence-corrected chi connectivity index (χ1v) is 5.99. The van der Waals surface area contributed by atoms with Crippen molar-refractivity contribution in [1.29, 1.82) is 0 Å². The summed E-state index contributed by atoms with van der Waals surface area (Å²) < 4.78 is 4.75. The summed E-state index contributed by atoms with van der Waals surface area (Å²) >= 11 is 0. The third kappa shape index (κ3) is 3.43. The quantitative estimate of drug-likeness (QED) is 0.725. The lowest BCUT2D eigenvalue weighted by atomic mass is 9.89. The lowest BCUT2D eigenvalue weighted by Crippen LogP contribution is -2.54. The summed E-state index contributed by atoms with van der Waals surface area (Å²) in [7, 11) is 1.39. The molecule has 1 aliphatic heterocycles. The number of rotatable bonds is 4. The van der Waals surface area contributed by atoms with E-state index in [0.717, 1.165) is 6.54 Å². The van der Waals surface area contributed by atoms with Gasteiger partial charge in [-0.3, -0.25) is 9.59 Å². The maximum atomic E-state index is 11.8. The second kappa shape index (κ2) is 5.49. The van der Waals surface area contributed by atoms with Crippen molar-refractivity contribution in [3.8, 4) is 0 Å². The van der Waals surface area contributed by atoms with Crippen molar-refractivity contribution < 1.29 is 14.3 Å². The van der Waals surface area contributed by atoms with E-state index in [2.05, 4.69) is 5.32 Å². The maximum absolute atomic E-state index is 11.8. The fourth-order valence-corrected chi connectivity index (χ4v) is 1.90. The van der Waals surface area contributed by atoms with Gasteiger partial charge in [0.1, 0.15) is 0 Å². The minimum atomic E-state index is -0.539. The summed E-state index contributed by atoms with van der Waals surface area (Å²) in [6, 6.07) is -0.120. The summed E-state index contributed by atoms with van der Waals surface area (Å²) in [6.07, 6.45) is 0.623. The maximum Gasteiger partial charge on any atom is 0.311 e. The van der Waals surface area contributed by atoms with Crippen LogP contribution < -0.4 is 5.32 Å². The zero-order valence-corrected chi connectivity index (χ0v) is 11.1. The molecule has 0 aliphatic carbocycles. The SMILES string of the molecule is COC(=O)C(C)(C)CCN1CCN[C@@H](C)C1=O. The second-order valence-electron chi connectivity index (χ2n) is 5.13. The van der Waals surface area contributed by atoms with E-state index in [-0.39, 0.29) is 17.9 Å². The van der Waals surface area contributed by atoms with E-state index in [1.165, 1.54) is 7.11 Å². The second-order valence-corrected chi connectivity index (χ2v) is 5.13. The van der Waals surface area contributed by atoms with Crippen LogP contribution in [-0.4, -0.2) is 49.6 Å². The molecule has 0 spiro atoms. The Bertz CT molecular complexity index is 302. The van der Waals surface area contributed by atoms with E-state index in [4.69, 9.17) is 4.74 Å². The van der Waals surface area contributed by atoms with Crippen LogP contribution in [0.2, 0.25) is 0 Å². The topological polar surface area (TPSA) is 58.6 Å². The predicted molar refractivity (Wildman–Crippen MR) is 64.5 cm³/mol. The van der Waals surface area contributed by atoms with Crippen LogP contribution >= 0.6 is 0 Å². The van der Waals surface area contributed by atoms with Crippen LogP contribution in [0.15, 0.2) is 0 Å². The van der Waals surface area contributed by atoms with Gasteiger partial charge in [0, 0.05) is 19.6 Å². The van der Waals surface area contributed by atoms with E-state index in [1.54, 1.807) is 0 Å². The molecule has 1 saturated heterocycles. The van der Waals surface area contributed by atoms with Crippen LogP contribution in [0.1, 0.15) is 27.2 Å². The van der Waals surface area contributed by atoms with Gasteiger partial charge in [0.05, 0.1) is 18.6 Å². The van der Waals surface area contributed by atoms with Crippen molar-refractivity contribution in [1.82, 2.24) is 10.2 Å². The Morgan fingerprint density at radius 2 is 2.24 bits per heavy atom. The van der Waals surface area contributed by atoms with Crippen molar-refractivity contribution in [3.05, 3.63) is 0 Å². The fraction of sp³-hybridized carbons (Fsp3) is 0.833. The van der Waals surface area contributed by atoms with Gasteiger partial charge in [-0.05, 0) is 27.2 Å². The Morgan fingerprint density at radius 3 is 2.82 bits per heavy atom. The Hall–Kier alpha value is -1.10. The molecule has 17 heavy (non-hydrogen) atoms. The molecule has 1 amide bonds. The van der Waals surface area contributed by atoms with Gasteiger partial charge in [0.25, 0.3) is 0 Å². The number of nitrogens with one attached hydrogen (secondary N) is 1. The molecule has 1 fully saturated rings. The van der Waals surface area contributed by atoms with E-state index in [0.29, 0.717) is 19.5 Å². The van der Waals surface area contributed by atoms with E-state index in [1.807, 2.05) is 25.7 Å². The molecule has 1 aliphatic rings. The molecule has 0 aromatic carbocycles. The molecular formula is C12H22N2O3. The molecule has 5 heteroatoms. The van der Waals surface area contributed by atoms with Gasteiger partial charge in [0.15, 0.2) is 0 Å². The van der Waals surface area contributed by atoms with Crippen LogP contribution in [0.25, 0.3) is 0 Å². The number of amides is 1. The molecule has 5 nitrogen and oxygen atoms in total. The van der Waals surface area contributed by atoms with Crippen LogP contribution in [0.3, 0.4) is 0 Å². The monoisotopic (exact) mass is 242 g/mol. The zero-order valence-electron chi connectivity index (χ0n) is 11.1. The molecule has 0 aromatic rings. The molecule has 0 radical (unpaired) electrons. The highest BCUT2D eigenvalue weighted by Crippen LogP contribution is 2.22. The average molecular weight is 242 g/mol. The van der Waals surface area contributed by atoms with E-state index in [9.17, 15) is 9.59 Å². The molecule has 0 bridgehead atoms. The van der Waals surface area contributed by atoms with Crippen LogP contribution in [0, 0.1) is 5.41 Å². The number of hydrogen-bond acceptors (Lipinski definition) is 4. The summed E-state index contributed by atoms with van der Waals surface area (Å²) in [4.78, 5) is 25.2. The van der Waals surface area contributed by atoms with Gasteiger partial charge in [-0.15, -0.1) is 0 Å². The van der Waals surface area contributed by atoms with Crippen molar-refractivity contribution >= 4 is 11.9 Å². The van der Waals surface area contributed by atoms with Crippen molar-refractivity contribution in [3.63, 3.8) is 0 Å². The molecule has 1 N–H and O–H groups in total.